The molecule has 19 heavy (non-hydrogen) atoms. The molecule has 0 aliphatic carbocycles. The largest absolute Gasteiger partial charge is 0.395 e. The van der Waals surface area contributed by atoms with E-state index < -0.39 is 9.84 Å². The minimum Gasteiger partial charge on any atom is -0.395 e. The van der Waals surface area contributed by atoms with E-state index in [9.17, 15) is 8.42 Å². The second-order valence-electron chi connectivity index (χ2n) is 4.74. The lowest BCUT2D eigenvalue weighted by atomic mass is 10.1. The minimum absolute atomic E-state index is 0.232. The van der Waals surface area contributed by atoms with Gasteiger partial charge >= 0.3 is 0 Å². The molecular formula is C13H20N2O3S. The first kappa shape index (κ1) is 14.3. The van der Waals surface area contributed by atoms with E-state index in [1.165, 1.54) is 0 Å². The third kappa shape index (κ3) is 3.92. The van der Waals surface area contributed by atoms with Crippen molar-refractivity contribution in [1.82, 2.24) is 5.32 Å². The Hall–Kier alpha value is -1.11. The molecule has 3 N–H and O–H groups in total. The number of rotatable bonds is 5. The molecular weight excluding hydrogens is 264 g/mol. The summed E-state index contributed by atoms with van der Waals surface area (Å²) in [6.07, 6.45) is 2.07. The Labute approximate surface area is 113 Å². The highest BCUT2D eigenvalue weighted by Crippen LogP contribution is 2.19. The Morgan fingerprint density at radius 2 is 2.05 bits per heavy atom. The molecule has 106 valence electrons. The monoisotopic (exact) mass is 284 g/mol. The fraction of sp³-hybridized carbons (Fsp3) is 0.538. The maximum Gasteiger partial charge on any atom is 0.180 e. The van der Waals surface area contributed by atoms with E-state index in [1.54, 1.807) is 18.2 Å². The third-order valence-electron chi connectivity index (χ3n) is 3.26. The summed E-state index contributed by atoms with van der Waals surface area (Å²) in [5, 5.41) is 15.4. The number of benzene rings is 1. The van der Waals surface area contributed by atoms with E-state index in [2.05, 4.69) is 10.6 Å². The molecule has 0 aromatic heterocycles. The fourth-order valence-corrected chi connectivity index (χ4v) is 3.29. The van der Waals surface area contributed by atoms with Crippen LogP contribution in [-0.2, 0) is 9.84 Å². The molecule has 0 atom stereocenters. The zero-order chi connectivity index (χ0) is 13.7. The number of aliphatic hydroxyl groups is 1. The SMILES string of the molecule is O=S(=O)(CCO)c1cccc(NC2CCNCC2)c1. The Balaban J connectivity index is 2.10. The number of sulfone groups is 1. The van der Waals surface area contributed by atoms with Crippen molar-refractivity contribution in [2.24, 2.45) is 0 Å². The summed E-state index contributed by atoms with van der Waals surface area (Å²) < 4.78 is 23.8. The van der Waals surface area contributed by atoms with E-state index >= 15 is 0 Å². The van der Waals surface area contributed by atoms with Gasteiger partial charge < -0.3 is 15.7 Å². The molecule has 0 amide bonds. The van der Waals surface area contributed by atoms with Crippen molar-refractivity contribution >= 4 is 15.5 Å². The standard InChI is InChI=1S/C13H20N2O3S/c16-8-9-19(17,18)13-3-1-2-12(10-13)15-11-4-6-14-7-5-11/h1-3,10-11,14-16H,4-9H2. The number of aliphatic hydroxyl groups excluding tert-OH is 1. The topological polar surface area (TPSA) is 78.4 Å². The molecule has 6 heteroatoms. The van der Waals surface area contributed by atoms with Crippen molar-refractivity contribution in [1.29, 1.82) is 0 Å². The second kappa shape index (κ2) is 6.36. The minimum atomic E-state index is -3.38. The summed E-state index contributed by atoms with van der Waals surface area (Å²) in [4.78, 5) is 0.264. The van der Waals surface area contributed by atoms with Crippen LogP contribution in [0.4, 0.5) is 5.69 Å². The van der Waals surface area contributed by atoms with Crippen LogP contribution in [0.1, 0.15) is 12.8 Å². The molecule has 0 saturated carbocycles. The van der Waals surface area contributed by atoms with Gasteiger partial charge in [-0.05, 0) is 44.1 Å². The Morgan fingerprint density at radius 1 is 1.32 bits per heavy atom. The van der Waals surface area contributed by atoms with E-state index in [0.29, 0.717) is 6.04 Å². The van der Waals surface area contributed by atoms with Crippen molar-refractivity contribution in [3.63, 3.8) is 0 Å². The van der Waals surface area contributed by atoms with Gasteiger partial charge in [0.1, 0.15) is 0 Å². The van der Waals surface area contributed by atoms with Gasteiger partial charge in [0.2, 0.25) is 0 Å². The maximum absolute atomic E-state index is 11.9. The number of anilines is 1. The van der Waals surface area contributed by atoms with Gasteiger partial charge in [0.15, 0.2) is 9.84 Å². The molecule has 1 saturated heterocycles. The number of nitrogens with one attached hydrogen (secondary N) is 2. The molecule has 0 bridgehead atoms. The van der Waals surface area contributed by atoms with Crippen LogP contribution in [0.25, 0.3) is 0 Å². The fourth-order valence-electron chi connectivity index (χ4n) is 2.22. The molecule has 2 rings (SSSR count). The van der Waals surface area contributed by atoms with Crippen LogP contribution < -0.4 is 10.6 Å². The number of hydrogen-bond donors (Lipinski definition) is 3. The summed E-state index contributed by atoms with van der Waals surface area (Å²) in [6, 6.07) is 7.20. The van der Waals surface area contributed by atoms with Gasteiger partial charge in [-0.15, -0.1) is 0 Å². The van der Waals surface area contributed by atoms with Crippen molar-refractivity contribution in [3.8, 4) is 0 Å². The van der Waals surface area contributed by atoms with Crippen molar-refractivity contribution in [2.45, 2.75) is 23.8 Å². The van der Waals surface area contributed by atoms with Crippen LogP contribution >= 0.6 is 0 Å². The van der Waals surface area contributed by atoms with Crippen LogP contribution in [0, 0.1) is 0 Å². The second-order valence-corrected chi connectivity index (χ2v) is 6.85. The lowest BCUT2D eigenvalue weighted by Gasteiger charge is -2.24. The van der Waals surface area contributed by atoms with Gasteiger partial charge in [-0.1, -0.05) is 6.07 Å². The molecule has 1 aromatic carbocycles. The predicted octanol–water partition coefficient (Wildman–Crippen LogP) is 0.616. The molecule has 5 nitrogen and oxygen atoms in total. The first-order valence-corrected chi connectivity index (χ1v) is 8.18. The molecule has 1 aliphatic rings. The average molecular weight is 284 g/mol. The van der Waals surface area contributed by atoms with Crippen molar-refractivity contribution in [2.75, 3.05) is 30.8 Å². The van der Waals surface area contributed by atoms with Crippen LogP contribution in [-0.4, -0.2) is 45.0 Å². The molecule has 1 heterocycles. The highest BCUT2D eigenvalue weighted by atomic mass is 32.2. The normalized spacial score (nSPS) is 17.3. The van der Waals surface area contributed by atoms with E-state index in [0.717, 1.165) is 31.6 Å². The molecule has 1 aliphatic heterocycles. The van der Waals surface area contributed by atoms with Gasteiger partial charge in [0.05, 0.1) is 17.3 Å². The zero-order valence-electron chi connectivity index (χ0n) is 10.8. The summed E-state index contributed by atoms with van der Waals surface area (Å²) in [5.41, 5.74) is 0.825. The summed E-state index contributed by atoms with van der Waals surface area (Å²) in [6.45, 7) is 1.62. The average Bonchev–Trinajstić information content (AvgIpc) is 2.40. The van der Waals surface area contributed by atoms with Gasteiger partial charge in [-0.25, -0.2) is 8.42 Å². The smallest absolute Gasteiger partial charge is 0.180 e. The first-order valence-electron chi connectivity index (χ1n) is 6.53. The van der Waals surface area contributed by atoms with E-state index in [4.69, 9.17) is 5.11 Å². The molecule has 0 radical (unpaired) electrons. The predicted molar refractivity (Wildman–Crippen MR) is 75.1 cm³/mol. The van der Waals surface area contributed by atoms with Gasteiger partial charge in [-0.2, -0.15) is 0 Å². The van der Waals surface area contributed by atoms with Crippen LogP contribution in [0.5, 0.6) is 0 Å². The molecule has 0 spiro atoms. The number of piperidine rings is 1. The lowest BCUT2D eigenvalue weighted by Crippen LogP contribution is -2.35. The van der Waals surface area contributed by atoms with Gasteiger partial charge in [0.25, 0.3) is 0 Å². The third-order valence-corrected chi connectivity index (χ3v) is 4.96. The van der Waals surface area contributed by atoms with Crippen molar-refractivity contribution in [3.05, 3.63) is 24.3 Å². The summed E-state index contributed by atoms with van der Waals surface area (Å²) in [7, 11) is -3.38. The highest BCUT2D eigenvalue weighted by Gasteiger charge is 2.16. The van der Waals surface area contributed by atoms with Crippen LogP contribution in [0.3, 0.4) is 0 Å². The van der Waals surface area contributed by atoms with Gasteiger partial charge in [-0.3, -0.25) is 0 Å². The Morgan fingerprint density at radius 3 is 2.74 bits per heavy atom. The van der Waals surface area contributed by atoms with Crippen LogP contribution in [0.2, 0.25) is 0 Å². The van der Waals surface area contributed by atoms with Crippen molar-refractivity contribution < 1.29 is 13.5 Å². The molecule has 1 fully saturated rings. The summed E-state index contributed by atoms with van der Waals surface area (Å²) in [5.74, 6) is -0.232. The van der Waals surface area contributed by atoms with E-state index in [-0.39, 0.29) is 17.3 Å². The first-order chi connectivity index (χ1) is 9.12. The Kier molecular flexibility index (Phi) is 4.79. The quantitative estimate of drug-likeness (QED) is 0.738. The number of hydrogen-bond acceptors (Lipinski definition) is 5. The van der Waals surface area contributed by atoms with Gasteiger partial charge in [0, 0.05) is 11.7 Å². The highest BCUT2D eigenvalue weighted by molar-refractivity contribution is 7.91. The molecule has 0 unspecified atom stereocenters. The zero-order valence-corrected chi connectivity index (χ0v) is 11.6. The Bertz CT molecular complexity index is 510. The maximum atomic E-state index is 11.9. The summed E-state index contributed by atoms with van der Waals surface area (Å²) >= 11 is 0. The molecule has 1 aromatic rings. The van der Waals surface area contributed by atoms with Crippen LogP contribution in [0.15, 0.2) is 29.2 Å². The lowest BCUT2D eigenvalue weighted by molar-refractivity contribution is 0.319. The van der Waals surface area contributed by atoms with E-state index in [1.807, 2.05) is 6.07 Å².